The van der Waals surface area contributed by atoms with Crippen LogP contribution in [0.5, 0.6) is 0 Å². The molecule has 9 heteroatoms. The van der Waals surface area contributed by atoms with Crippen LogP contribution in [0.15, 0.2) is 83.8 Å². The summed E-state index contributed by atoms with van der Waals surface area (Å²) in [6, 6.07) is 19.5. The predicted octanol–water partition coefficient (Wildman–Crippen LogP) is 2.67. The minimum Gasteiger partial charge on any atom is -0.350 e. The van der Waals surface area contributed by atoms with E-state index in [1.54, 1.807) is 0 Å². The molecule has 0 unspecified atom stereocenters. The molecule has 0 radical (unpaired) electrons. The summed E-state index contributed by atoms with van der Waals surface area (Å²) in [5, 5.41) is 5.15. The van der Waals surface area contributed by atoms with Crippen LogP contribution in [0.4, 0.5) is 10.1 Å². The molecule has 0 fully saturated rings. The normalized spacial score (nSPS) is 10.9. The van der Waals surface area contributed by atoms with Gasteiger partial charge in [0, 0.05) is 17.8 Å². The first-order valence-corrected chi connectivity index (χ1v) is 10.8. The average Bonchev–Trinajstić information content (AvgIpc) is 2.78. The van der Waals surface area contributed by atoms with Crippen molar-refractivity contribution in [3.05, 3.63) is 95.8 Å². The first-order chi connectivity index (χ1) is 14.8. The molecule has 160 valence electrons. The fourth-order valence-electron chi connectivity index (χ4n) is 2.66. The third-order valence-corrected chi connectivity index (χ3v) is 5.62. The highest BCUT2D eigenvalue weighted by molar-refractivity contribution is 7.92. The molecule has 0 bridgehead atoms. The summed E-state index contributed by atoms with van der Waals surface area (Å²) in [5.41, 5.74) is 1.19. The number of halogens is 1. The average molecular weight is 441 g/mol. The van der Waals surface area contributed by atoms with Crippen LogP contribution in [-0.2, 0) is 21.4 Å². The Bertz CT molecular complexity index is 1170. The number of rotatable bonds is 8. The van der Waals surface area contributed by atoms with E-state index in [9.17, 15) is 22.4 Å². The number of benzene rings is 3. The SMILES string of the molecule is O=C(CNC(=O)c1cccc(S(=O)(=O)Nc2ccc(F)cc2)c1)NCc1ccccc1. The number of sulfonamides is 1. The maximum absolute atomic E-state index is 13.0. The van der Waals surface area contributed by atoms with Crippen molar-refractivity contribution in [3.8, 4) is 0 Å². The lowest BCUT2D eigenvalue weighted by Gasteiger charge is -2.10. The fraction of sp³-hybridized carbons (Fsp3) is 0.0909. The van der Waals surface area contributed by atoms with Gasteiger partial charge in [-0.25, -0.2) is 12.8 Å². The molecule has 0 aliphatic rings. The number of hydrogen-bond donors (Lipinski definition) is 3. The molecule has 0 atom stereocenters. The zero-order chi connectivity index (χ0) is 22.3. The van der Waals surface area contributed by atoms with Crippen molar-refractivity contribution in [2.75, 3.05) is 11.3 Å². The van der Waals surface area contributed by atoms with Crippen molar-refractivity contribution < 1.29 is 22.4 Å². The Morgan fingerprint density at radius 2 is 1.55 bits per heavy atom. The third kappa shape index (κ3) is 6.38. The molecule has 3 aromatic carbocycles. The highest BCUT2D eigenvalue weighted by atomic mass is 32.2. The molecule has 0 aliphatic heterocycles. The highest BCUT2D eigenvalue weighted by Crippen LogP contribution is 2.17. The van der Waals surface area contributed by atoms with E-state index in [0.717, 1.165) is 17.7 Å². The summed E-state index contributed by atoms with van der Waals surface area (Å²) in [6.45, 7) is 0.0782. The smallest absolute Gasteiger partial charge is 0.261 e. The summed E-state index contributed by atoms with van der Waals surface area (Å²) in [4.78, 5) is 24.2. The highest BCUT2D eigenvalue weighted by Gasteiger charge is 2.17. The topological polar surface area (TPSA) is 104 Å². The largest absolute Gasteiger partial charge is 0.350 e. The molecular weight excluding hydrogens is 421 g/mol. The van der Waals surface area contributed by atoms with Crippen LogP contribution in [0.3, 0.4) is 0 Å². The number of carbonyl (C=O) groups excluding carboxylic acids is 2. The molecule has 7 nitrogen and oxygen atoms in total. The van der Waals surface area contributed by atoms with Gasteiger partial charge >= 0.3 is 0 Å². The number of anilines is 1. The molecular formula is C22H20FN3O4S. The van der Waals surface area contributed by atoms with Crippen LogP contribution in [0, 0.1) is 5.82 Å². The Morgan fingerprint density at radius 3 is 2.26 bits per heavy atom. The lowest BCUT2D eigenvalue weighted by Crippen LogP contribution is -2.36. The Balaban J connectivity index is 1.59. The summed E-state index contributed by atoms with van der Waals surface area (Å²) < 4.78 is 40.4. The van der Waals surface area contributed by atoms with Gasteiger partial charge in [-0.1, -0.05) is 36.4 Å². The second-order valence-corrected chi connectivity index (χ2v) is 8.27. The van der Waals surface area contributed by atoms with Gasteiger partial charge in [-0.15, -0.1) is 0 Å². The van der Waals surface area contributed by atoms with Crippen LogP contribution in [-0.4, -0.2) is 26.8 Å². The molecule has 0 spiro atoms. The Labute approximate surface area is 179 Å². The van der Waals surface area contributed by atoms with Crippen molar-refractivity contribution >= 4 is 27.5 Å². The molecule has 2 amide bonds. The van der Waals surface area contributed by atoms with Gasteiger partial charge in [-0.2, -0.15) is 0 Å². The van der Waals surface area contributed by atoms with E-state index in [1.165, 1.54) is 36.4 Å². The molecule has 3 aromatic rings. The van der Waals surface area contributed by atoms with E-state index in [1.807, 2.05) is 30.3 Å². The maximum Gasteiger partial charge on any atom is 0.261 e. The van der Waals surface area contributed by atoms with Crippen molar-refractivity contribution in [1.82, 2.24) is 10.6 Å². The summed E-state index contributed by atoms with van der Waals surface area (Å²) >= 11 is 0. The van der Waals surface area contributed by atoms with Gasteiger partial charge in [0.05, 0.1) is 11.4 Å². The first kappa shape index (κ1) is 22.0. The van der Waals surface area contributed by atoms with Gasteiger partial charge in [0.2, 0.25) is 5.91 Å². The summed E-state index contributed by atoms with van der Waals surface area (Å²) in [6.07, 6.45) is 0. The Hall–Kier alpha value is -3.72. The zero-order valence-corrected chi connectivity index (χ0v) is 17.2. The third-order valence-electron chi connectivity index (χ3n) is 4.24. The molecule has 0 aromatic heterocycles. The van der Waals surface area contributed by atoms with Crippen molar-refractivity contribution in [1.29, 1.82) is 0 Å². The van der Waals surface area contributed by atoms with E-state index >= 15 is 0 Å². The van der Waals surface area contributed by atoms with E-state index in [0.29, 0.717) is 6.54 Å². The minimum atomic E-state index is -3.98. The number of nitrogens with one attached hydrogen (secondary N) is 3. The maximum atomic E-state index is 13.0. The van der Waals surface area contributed by atoms with Gasteiger partial charge in [-0.3, -0.25) is 14.3 Å². The van der Waals surface area contributed by atoms with E-state index in [4.69, 9.17) is 0 Å². The summed E-state index contributed by atoms with van der Waals surface area (Å²) in [7, 11) is -3.98. The lowest BCUT2D eigenvalue weighted by atomic mass is 10.2. The molecule has 0 saturated heterocycles. The second-order valence-electron chi connectivity index (χ2n) is 6.59. The van der Waals surface area contributed by atoms with E-state index in [2.05, 4.69) is 15.4 Å². The van der Waals surface area contributed by atoms with Crippen molar-refractivity contribution in [2.24, 2.45) is 0 Å². The zero-order valence-electron chi connectivity index (χ0n) is 16.3. The molecule has 3 rings (SSSR count). The van der Waals surface area contributed by atoms with Crippen LogP contribution in [0.2, 0.25) is 0 Å². The van der Waals surface area contributed by atoms with Gasteiger partial charge < -0.3 is 10.6 Å². The number of hydrogen-bond acceptors (Lipinski definition) is 4. The Morgan fingerprint density at radius 1 is 0.839 bits per heavy atom. The molecule has 3 N–H and O–H groups in total. The lowest BCUT2D eigenvalue weighted by molar-refractivity contribution is -0.120. The number of carbonyl (C=O) groups is 2. The second kappa shape index (κ2) is 9.86. The first-order valence-electron chi connectivity index (χ1n) is 9.31. The van der Waals surface area contributed by atoms with Crippen LogP contribution >= 0.6 is 0 Å². The molecule has 0 aliphatic carbocycles. The molecule has 0 saturated carbocycles. The fourth-order valence-corrected chi connectivity index (χ4v) is 3.76. The van der Waals surface area contributed by atoms with Crippen LogP contribution < -0.4 is 15.4 Å². The van der Waals surface area contributed by atoms with Crippen molar-refractivity contribution in [2.45, 2.75) is 11.4 Å². The number of amides is 2. The molecule has 0 heterocycles. The van der Waals surface area contributed by atoms with Crippen molar-refractivity contribution in [3.63, 3.8) is 0 Å². The predicted molar refractivity (Wildman–Crippen MR) is 114 cm³/mol. The van der Waals surface area contributed by atoms with Gasteiger partial charge in [0.1, 0.15) is 5.82 Å². The van der Waals surface area contributed by atoms with Crippen LogP contribution in [0.25, 0.3) is 0 Å². The van der Waals surface area contributed by atoms with Gasteiger partial charge in [-0.05, 0) is 48.0 Å². The molecule has 31 heavy (non-hydrogen) atoms. The summed E-state index contributed by atoms with van der Waals surface area (Å²) in [5.74, 6) is -1.46. The monoisotopic (exact) mass is 441 g/mol. The minimum absolute atomic E-state index is 0.0813. The van der Waals surface area contributed by atoms with Gasteiger partial charge in [0.25, 0.3) is 15.9 Å². The van der Waals surface area contributed by atoms with E-state index in [-0.39, 0.29) is 28.6 Å². The van der Waals surface area contributed by atoms with E-state index < -0.39 is 21.7 Å². The quantitative estimate of drug-likeness (QED) is 0.500. The van der Waals surface area contributed by atoms with Crippen LogP contribution in [0.1, 0.15) is 15.9 Å². The standard InChI is InChI=1S/C22H20FN3O4S/c23-18-9-11-19(12-10-18)26-31(29,30)20-8-4-7-17(13-20)22(28)25-15-21(27)24-14-16-5-2-1-3-6-16/h1-13,26H,14-15H2,(H,24,27)(H,25,28). The van der Waals surface area contributed by atoms with Gasteiger partial charge in [0.15, 0.2) is 0 Å². The Kier molecular flexibility index (Phi) is 6.99.